The zero-order valence-electron chi connectivity index (χ0n) is 12.0. The monoisotopic (exact) mass is 349 g/mol. The molecule has 110 valence electrons. The number of hydrogen-bond acceptors (Lipinski definition) is 4. The van der Waals surface area contributed by atoms with Crippen molar-refractivity contribution in [2.45, 2.75) is 0 Å². The third-order valence-electron chi connectivity index (χ3n) is 2.79. The Kier molecular flexibility index (Phi) is 4.74. The minimum Gasteiger partial charge on any atom is -0.378 e. The van der Waals surface area contributed by atoms with E-state index < -0.39 is 0 Å². The van der Waals surface area contributed by atoms with E-state index in [-0.39, 0.29) is 5.91 Å². The Bertz CT molecular complexity index is 661. The number of hydrogen-bond donors (Lipinski definition) is 1. The van der Waals surface area contributed by atoms with Crippen LogP contribution >= 0.6 is 15.9 Å². The highest BCUT2D eigenvalue weighted by atomic mass is 79.9. The molecule has 0 aliphatic rings. The number of rotatable bonds is 4. The lowest BCUT2D eigenvalue weighted by atomic mass is 10.2. The molecule has 0 aliphatic heterocycles. The molecule has 2 aromatic rings. The van der Waals surface area contributed by atoms with Crippen molar-refractivity contribution in [3.05, 3.63) is 46.2 Å². The van der Waals surface area contributed by atoms with Crippen molar-refractivity contribution in [3.63, 3.8) is 0 Å². The molecule has 0 saturated heterocycles. The predicted octanol–water partition coefficient (Wildman–Crippen LogP) is 2.01. The van der Waals surface area contributed by atoms with Crippen LogP contribution in [-0.2, 0) is 7.05 Å². The molecule has 2 rings (SSSR count). The van der Waals surface area contributed by atoms with Crippen molar-refractivity contribution < 1.29 is 4.79 Å². The summed E-state index contributed by atoms with van der Waals surface area (Å²) < 4.78 is 2.19. The van der Waals surface area contributed by atoms with E-state index in [4.69, 9.17) is 0 Å². The average Bonchev–Trinajstić information content (AvgIpc) is 2.78. The summed E-state index contributed by atoms with van der Waals surface area (Å²) in [5.41, 5.74) is 4.77. The summed E-state index contributed by atoms with van der Waals surface area (Å²) in [5.74, 6) is -0.358. The van der Waals surface area contributed by atoms with Crippen molar-refractivity contribution in [1.29, 1.82) is 0 Å². The molecule has 0 radical (unpaired) electrons. The van der Waals surface area contributed by atoms with Crippen LogP contribution in [0.15, 0.2) is 40.0 Å². The summed E-state index contributed by atoms with van der Waals surface area (Å²) in [6.07, 6.45) is 3.30. The molecular formula is C14H16BrN5O. The van der Waals surface area contributed by atoms with Crippen LogP contribution in [0.2, 0.25) is 0 Å². The lowest BCUT2D eigenvalue weighted by Crippen LogP contribution is -2.19. The van der Waals surface area contributed by atoms with E-state index in [0.717, 1.165) is 11.3 Å². The van der Waals surface area contributed by atoms with E-state index in [9.17, 15) is 4.79 Å². The number of nitrogens with one attached hydrogen (secondary N) is 1. The first-order valence-electron chi connectivity index (χ1n) is 6.27. The van der Waals surface area contributed by atoms with Gasteiger partial charge in [0.15, 0.2) is 5.69 Å². The summed E-state index contributed by atoms with van der Waals surface area (Å²) in [4.78, 5) is 13.9. The van der Waals surface area contributed by atoms with Gasteiger partial charge in [-0.05, 0) is 33.6 Å². The van der Waals surface area contributed by atoms with Crippen molar-refractivity contribution >= 4 is 33.7 Å². The molecule has 0 atom stereocenters. The fourth-order valence-corrected chi connectivity index (χ4v) is 2.25. The number of benzene rings is 1. The number of halogens is 1. The van der Waals surface area contributed by atoms with E-state index >= 15 is 0 Å². The van der Waals surface area contributed by atoms with Gasteiger partial charge in [-0.1, -0.05) is 12.1 Å². The van der Waals surface area contributed by atoms with Gasteiger partial charge in [-0.3, -0.25) is 9.48 Å². The molecule has 0 spiro atoms. The number of carbonyl (C=O) groups is 1. The standard InChI is InChI=1S/C14H16BrN5O/c1-19(2)11-6-4-10(5-7-11)8-16-17-14(21)13-12(15)9-20(3)18-13/h4-9H,1-3H3,(H,17,21)/b16-8+. The maximum atomic E-state index is 11.9. The molecule has 0 unspecified atom stereocenters. The van der Waals surface area contributed by atoms with Crippen LogP contribution in [0.3, 0.4) is 0 Å². The lowest BCUT2D eigenvalue weighted by Gasteiger charge is -2.11. The number of aromatic nitrogens is 2. The number of nitrogens with zero attached hydrogens (tertiary/aromatic N) is 4. The minimum atomic E-state index is -0.358. The average molecular weight is 350 g/mol. The summed E-state index contributed by atoms with van der Waals surface area (Å²) in [6, 6.07) is 7.83. The Morgan fingerprint density at radius 1 is 1.38 bits per heavy atom. The van der Waals surface area contributed by atoms with Gasteiger partial charge in [-0.15, -0.1) is 0 Å². The highest BCUT2D eigenvalue weighted by Crippen LogP contribution is 2.14. The van der Waals surface area contributed by atoms with Crippen molar-refractivity contribution in [3.8, 4) is 0 Å². The Morgan fingerprint density at radius 2 is 2.05 bits per heavy atom. The maximum absolute atomic E-state index is 11.9. The minimum absolute atomic E-state index is 0.303. The molecule has 1 aromatic heterocycles. The summed E-state index contributed by atoms with van der Waals surface area (Å²) in [7, 11) is 5.71. The largest absolute Gasteiger partial charge is 0.378 e. The number of amides is 1. The molecule has 6 nitrogen and oxygen atoms in total. The van der Waals surface area contributed by atoms with Crippen LogP contribution in [0.4, 0.5) is 5.69 Å². The topological polar surface area (TPSA) is 62.5 Å². The lowest BCUT2D eigenvalue weighted by molar-refractivity contribution is 0.0948. The van der Waals surface area contributed by atoms with Gasteiger partial charge >= 0.3 is 0 Å². The van der Waals surface area contributed by atoms with Gasteiger partial charge in [0.2, 0.25) is 0 Å². The molecule has 1 amide bonds. The molecule has 0 fully saturated rings. The van der Waals surface area contributed by atoms with Crippen molar-refractivity contribution in [2.24, 2.45) is 12.1 Å². The number of carbonyl (C=O) groups excluding carboxylic acids is 1. The number of aryl methyl sites for hydroxylation is 1. The van der Waals surface area contributed by atoms with Gasteiger partial charge in [-0.25, -0.2) is 5.43 Å². The van der Waals surface area contributed by atoms with E-state index in [1.54, 1.807) is 24.1 Å². The smallest absolute Gasteiger partial charge is 0.293 e. The van der Waals surface area contributed by atoms with E-state index in [1.165, 1.54) is 0 Å². The predicted molar refractivity (Wildman–Crippen MR) is 86.7 cm³/mol. The van der Waals surface area contributed by atoms with Crippen LogP contribution in [0.25, 0.3) is 0 Å². The van der Waals surface area contributed by atoms with Crippen LogP contribution < -0.4 is 10.3 Å². The van der Waals surface area contributed by atoms with Crippen molar-refractivity contribution in [1.82, 2.24) is 15.2 Å². The van der Waals surface area contributed by atoms with Crippen LogP contribution in [0.1, 0.15) is 16.1 Å². The summed E-state index contributed by atoms with van der Waals surface area (Å²) in [5, 5.41) is 7.98. The third-order valence-corrected chi connectivity index (χ3v) is 3.37. The molecule has 1 N–H and O–H groups in total. The first-order chi connectivity index (χ1) is 9.97. The zero-order chi connectivity index (χ0) is 15.4. The van der Waals surface area contributed by atoms with Crippen LogP contribution in [0, 0.1) is 0 Å². The molecule has 1 aromatic carbocycles. The molecule has 7 heteroatoms. The van der Waals surface area contributed by atoms with Crippen LogP contribution in [-0.4, -0.2) is 36.0 Å². The second-order valence-corrected chi connectivity index (χ2v) is 5.54. The van der Waals surface area contributed by atoms with Gasteiger partial charge in [-0.2, -0.15) is 10.2 Å². The first kappa shape index (κ1) is 15.2. The fraction of sp³-hybridized carbons (Fsp3) is 0.214. The van der Waals surface area contributed by atoms with Gasteiger partial charge < -0.3 is 4.90 Å². The Morgan fingerprint density at radius 3 is 2.57 bits per heavy atom. The highest BCUT2D eigenvalue weighted by molar-refractivity contribution is 9.10. The quantitative estimate of drug-likeness (QED) is 0.678. The summed E-state index contributed by atoms with van der Waals surface area (Å²) >= 11 is 3.28. The normalized spacial score (nSPS) is 10.9. The van der Waals surface area contributed by atoms with Crippen molar-refractivity contribution in [2.75, 3.05) is 19.0 Å². The Labute approximate surface area is 131 Å². The number of anilines is 1. The Hall–Kier alpha value is -2.15. The molecule has 1 heterocycles. The fourth-order valence-electron chi connectivity index (χ4n) is 1.69. The maximum Gasteiger partial charge on any atom is 0.293 e. The molecule has 0 aliphatic carbocycles. The summed E-state index contributed by atoms with van der Waals surface area (Å²) in [6.45, 7) is 0. The van der Waals surface area contributed by atoms with E-state index in [2.05, 4.69) is 31.6 Å². The second kappa shape index (κ2) is 6.53. The molecule has 0 saturated carbocycles. The highest BCUT2D eigenvalue weighted by Gasteiger charge is 2.13. The van der Waals surface area contributed by atoms with E-state index in [1.807, 2.05) is 43.3 Å². The van der Waals surface area contributed by atoms with Gasteiger partial charge in [0, 0.05) is 33.0 Å². The van der Waals surface area contributed by atoms with Gasteiger partial charge in [0.25, 0.3) is 5.91 Å². The first-order valence-corrected chi connectivity index (χ1v) is 7.06. The van der Waals surface area contributed by atoms with E-state index in [0.29, 0.717) is 10.2 Å². The molecule has 0 bridgehead atoms. The SMILES string of the molecule is CN(C)c1ccc(/C=N/NC(=O)c2nn(C)cc2Br)cc1. The third kappa shape index (κ3) is 3.91. The zero-order valence-corrected chi connectivity index (χ0v) is 13.6. The molecular weight excluding hydrogens is 334 g/mol. The second-order valence-electron chi connectivity index (χ2n) is 4.68. The van der Waals surface area contributed by atoms with Crippen LogP contribution in [0.5, 0.6) is 0 Å². The van der Waals surface area contributed by atoms with Gasteiger partial charge in [0.1, 0.15) is 0 Å². The molecule has 21 heavy (non-hydrogen) atoms. The number of hydrazone groups is 1. The Balaban J connectivity index is 1.99. The van der Waals surface area contributed by atoms with Gasteiger partial charge in [0.05, 0.1) is 10.7 Å².